The van der Waals surface area contributed by atoms with Crippen LogP contribution in [0.2, 0.25) is 0 Å². The lowest BCUT2D eigenvalue weighted by Gasteiger charge is -2.03. The zero-order valence-electron chi connectivity index (χ0n) is 9.79. The zero-order valence-corrected chi connectivity index (χ0v) is 11.4. The highest BCUT2D eigenvalue weighted by Crippen LogP contribution is 2.23. The van der Waals surface area contributed by atoms with E-state index in [0.717, 1.165) is 27.6 Å². The second-order valence-corrected chi connectivity index (χ2v) is 3.74. The average molecular weight is 282 g/mol. The van der Waals surface area contributed by atoms with E-state index in [-0.39, 0.29) is 24.8 Å². The number of pyridine rings is 1. The van der Waals surface area contributed by atoms with Crippen LogP contribution in [-0.4, -0.2) is 12.1 Å². The Labute approximate surface area is 118 Å². The molecule has 0 bridgehead atoms. The lowest BCUT2D eigenvalue weighted by molar-refractivity contribution is 0.415. The van der Waals surface area contributed by atoms with Crippen molar-refractivity contribution in [3.8, 4) is 5.75 Å². The average Bonchev–Trinajstić information content (AvgIpc) is 2.35. The van der Waals surface area contributed by atoms with Crippen molar-refractivity contribution in [2.75, 3.05) is 7.11 Å². The summed E-state index contributed by atoms with van der Waals surface area (Å²) in [4.78, 5) is 4.60. The molecule has 18 heavy (non-hydrogen) atoms. The molecule has 0 aliphatic carbocycles. The third-order valence-corrected chi connectivity index (χ3v) is 2.72. The third kappa shape index (κ3) is 2.50. The van der Waals surface area contributed by atoms with Crippen LogP contribution < -0.4 is 4.74 Å². The van der Waals surface area contributed by atoms with Gasteiger partial charge in [0.1, 0.15) is 5.75 Å². The van der Waals surface area contributed by atoms with E-state index in [1.807, 2.05) is 36.4 Å². The van der Waals surface area contributed by atoms with Crippen molar-refractivity contribution in [3.63, 3.8) is 0 Å². The molecule has 3 rings (SSSR count). The molecule has 0 amide bonds. The van der Waals surface area contributed by atoms with Gasteiger partial charge in [0.2, 0.25) is 0 Å². The fourth-order valence-electron chi connectivity index (χ4n) is 1.89. The summed E-state index contributed by atoms with van der Waals surface area (Å²) in [5.41, 5.74) is 2.03. The van der Waals surface area contributed by atoms with Crippen LogP contribution in [0.4, 0.5) is 0 Å². The fraction of sp³-hybridized carbons (Fsp3) is 0.0714. The van der Waals surface area contributed by atoms with E-state index in [9.17, 15) is 0 Å². The number of benzene rings is 2. The van der Waals surface area contributed by atoms with Crippen molar-refractivity contribution in [3.05, 3.63) is 48.5 Å². The number of aromatic nitrogens is 1. The summed E-state index contributed by atoms with van der Waals surface area (Å²) >= 11 is 0. The summed E-state index contributed by atoms with van der Waals surface area (Å²) in [6.07, 6.45) is 0. The van der Waals surface area contributed by atoms with Crippen molar-refractivity contribution in [1.82, 2.24) is 4.98 Å². The van der Waals surface area contributed by atoms with Crippen molar-refractivity contribution >= 4 is 46.6 Å². The van der Waals surface area contributed by atoms with Gasteiger partial charge in [-0.15, -0.1) is 24.8 Å². The van der Waals surface area contributed by atoms with Crippen molar-refractivity contribution in [2.45, 2.75) is 0 Å². The minimum Gasteiger partial charge on any atom is -0.497 e. The smallest absolute Gasteiger partial charge is 0.119 e. The number of nitrogens with zero attached hydrogens (tertiary/aromatic N) is 1. The number of methoxy groups -OCH3 is 1. The van der Waals surface area contributed by atoms with E-state index in [1.165, 1.54) is 0 Å². The summed E-state index contributed by atoms with van der Waals surface area (Å²) in [6.45, 7) is 0. The highest BCUT2D eigenvalue weighted by Gasteiger charge is 2.00. The maximum atomic E-state index is 5.21. The number of halogens is 2. The first-order valence-electron chi connectivity index (χ1n) is 5.20. The standard InChI is InChI=1S/C14H11NO.2ClH/c1-16-12-6-7-14-11(9-12)8-10-4-2-3-5-13(10)15-14;;/h2-9H,1H3;2*1H. The Bertz CT molecular complexity index is 670. The Morgan fingerprint density at radius 1 is 0.833 bits per heavy atom. The number of fused-ring (bicyclic) bond motifs is 2. The number of ether oxygens (including phenoxy) is 1. The second kappa shape index (κ2) is 5.89. The Kier molecular flexibility index (Phi) is 4.76. The Balaban J connectivity index is 0.000000810. The molecule has 0 saturated heterocycles. The van der Waals surface area contributed by atoms with E-state index < -0.39 is 0 Å². The van der Waals surface area contributed by atoms with Gasteiger partial charge in [0.25, 0.3) is 0 Å². The highest BCUT2D eigenvalue weighted by atomic mass is 35.5. The Hall–Kier alpha value is -1.51. The molecule has 0 aliphatic heterocycles. The highest BCUT2D eigenvalue weighted by molar-refractivity contribution is 5.93. The minimum absolute atomic E-state index is 0. The predicted octanol–water partition coefficient (Wildman–Crippen LogP) is 4.24. The van der Waals surface area contributed by atoms with Crippen molar-refractivity contribution < 1.29 is 4.74 Å². The number of hydrogen-bond donors (Lipinski definition) is 0. The molecule has 0 N–H and O–H groups in total. The molecule has 4 heteroatoms. The van der Waals surface area contributed by atoms with E-state index >= 15 is 0 Å². The first kappa shape index (κ1) is 14.6. The lowest BCUT2D eigenvalue weighted by atomic mass is 10.1. The predicted molar refractivity (Wildman–Crippen MR) is 80.3 cm³/mol. The van der Waals surface area contributed by atoms with Crippen LogP contribution in [0.1, 0.15) is 0 Å². The topological polar surface area (TPSA) is 22.1 Å². The summed E-state index contributed by atoms with van der Waals surface area (Å²) < 4.78 is 5.21. The van der Waals surface area contributed by atoms with Gasteiger partial charge in [0.15, 0.2) is 0 Å². The second-order valence-electron chi connectivity index (χ2n) is 3.74. The minimum atomic E-state index is 0. The number of rotatable bonds is 1. The molecule has 0 aliphatic rings. The van der Waals surface area contributed by atoms with Gasteiger partial charge >= 0.3 is 0 Å². The number of para-hydroxylation sites is 1. The van der Waals surface area contributed by atoms with Gasteiger partial charge in [-0.1, -0.05) is 18.2 Å². The van der Waals surface area contributed by atoms with Crippen LogP contribution in [0.15, 0.2) is 48.5 Å². The van der Waals surface area contributed by atoms with E-state index in [1.54, 1.807) is 7.11 Å². The van der Waals surface area contributed by atoms with Crippen LogP contribution in [-0.2, 0) is 0 Å². The molecule has 3 aromatic rings. The molecule has 94 valence electrons. The van der Waals surface area contributed by atoms with Gasteiger partial charge in [-0.2, -0.15) is 0 Å². The molecule has 2 nitrogen and oxygen atoms in total. The van der Waals surface area contributed by atoms with Gasteiger partial charge in [0.05, 0.1) is 18.1 Å². The molecule has 0 spiro atoms. The van der Waals surface area contributed by atoms with Crippen LogP contribution in [0.25, 0.3) is 21.8 Å². The van der Waals surface area contributed by atoms with Crippen LogP contribution in [0.5, 0.6) is 5.75 Å². The molecular formula is C14H13Cl2NO. The molecule has 0 unspecified atom stereocenters. The summed E-state index contributed by atoms with van der Waals surface area (Å²) in [7, 11) is 1.68. The van der Waals surface area contributed by atoms with E-state index in [0.29, 0.717) is 0 Å². The maximum Gasteiger partial charge on any atom is 0.119 e. The SMILES string of the molecule is COc1ccc2nc3ccccc3cc2c1.Cl.Cl. The third-order valence-electron chi connectivity index (χ3n) is 2.72. The molecule has 0 fully saturated rings. The largest absolute Gasteiger partial charge is 0.497 e. The van der Waals surface area contributed by atoms with Crippen molar-refractivity contribution in [2.24, 2.45) is 0 Å². The first-order chi connectivity index (χ1) is 7.86. The molecule has 1 aromatic heterocycles. The first-order valence-corrected chi connectivity index (χ1v) is 5.20. The molecule has 2 aromatic carbocycles. The van der Waals surface area contributed by atoms with Gasteiger partial charge in [0, 0.05) is 10.8 Å². The molecule has 0 atom stereocenters. The van der Waals surface area contributed by atoms with Crippen LogP contribution in [0.3, 0.4) is 0 Å². The monoisotopic (exact) mass is 281 g/mol. The van der Waals surface area contributed by atoms with E-state index in [2.05, 4.69) is 17.1 Å². The number of hydrogen-bond acceptors (Lipinski definition) is 2. The van der Waals surface area contributed by atoms with Gasteiger partial charge in [-0.3, -0.25) is 0 Å². The summed E-state index contributed by atoms with van der Waals surface area (Å²) in [5, 5.41) is 2.27. The Morgan fingerprint density at radius 3 is 2.33 bits per heavy atom. The lowest BCUT2D eigenvalue weighted by Crippen LogP contribution is -1.85. The molecule has 0 radical (unpaired) electrons. The summed E-state index contributed by atoms with van der Waals surface area (Å²) in [6, 6.07) is 16.2. The quantitative estimate of drug-likeness (QED) is 0.623. The zero-order chi connectivity index (χ0) is 11.0. The Morgan fingerprint density at radius 2 is 1.56 bits per heavy atom. The molecular weight excluding hydrogens is 269 g/mol. The van der Waals surface area contributed by atoms with Gasteiger partial charge < -0.3 is 4.74 Å². The molecule has 1 heterocycles. The van der Waals surface area contributed by atoms with Gasteiger partial charge in [-0.25, -0.2) is 4.98 Å². The normalized spacial score (nSPS) is 9.61. The van der Waals surface area contributed by atoms with Crippen LogP contribution in [0, 0.1) is 0 Å². The molecule has 0 saturated carbocycles. The van der Waals surface area contributed by atoms with E-state index in [4.69, 9.17) is 4.74 Å². The van der Waals surface area contributed by atoms with Crippen molar-refractivity contribution in [1.29, 1.82) is 0 Å². The maximum absolute atomic E-state index is 5.21. The van der Waals surface area contributed by atoms with Gasteiger partial charge in [-0.05, 0) is 30.3 Å². The van der Waals surface area contributed by atoms with Crippen LogP contribution >= 0.6 is 24.8 Å². The fourth-order valence-corrected chi connectivity index (χ4v) is 1.89. The summed E-state index contributed by atoms with van der Waals surface area (Å²) in [5.74, 6) is 0.865.